The van der Waals surface area contributed by atoms with Gasteiger partial charge in [0, 0.05) is 29.2 Å². The Bertz CT molecular complexity index is 972. The van der Waals surface area contributed by atoms with Crippen LogP contribution in [0.15, 0.2) is 42.6 Å². The summed E-state index contributed by atoms with van der Waals surface area (Å²) in [6, 6.07) is 11.9. The van der Waals surface area contributed by atoms with Crippen LogP contribution in [-0.2, 0) is 0 Å². The maximum absolute atomic E-state index is 5.40. The topological polar surface area (TPSA) is 68.3 Å². The first-order chi connectivity index (χ1) is 12.6. The van der Waals surface area contributed by atoms with E-state index in [9.17, 15) is 0 Å². The number of nitrogens with zero attached hydrogens (tertiary/aromatic N) is 2. The standard InChI is InChI=1S/C20H20N4O2/c1-12-4-5-15(8-13(12)2)22-19-14(3)10-21-20(24-19)23-16-6-7-17-18(9-16)26-11-25-17/h4-10H,11H2,1-3H3,(H2,21,22,23,24). The first-order valence-corrected chi connectivity index (χ1v) is 8.43. The lowest BCUT2D eigenvalue weighted by atomic mass is 10.1. The van der Waals surface area contributed by atoms with E-state index in [0.717, 1.165) is 34.3 Å². The summed E-state index contributed by atoms with van der Waals surface area (Å²) in [6.07, 6.45) is 1.80. The highest BCUT2D eigenvalue weighted by Gasteiger charge is 2.14. The number of fused-ring (bicyclic) bond motifs is 1. The Morgan fingerprint density at radius 3 is 2.42 bits per heavy atom. The highest BCUT2D eigenvalue weighted by Crippen LogP contribution is 2.35. The molecule has 0 spiro atoms. The molecule has 3 aromatic rings. The molecule has 1 aromatic heterocycles. The van der Waals surface area contributed by atoms with Crippen molar-refractivity contribution in [1.82, 2.24) is 9.97 Å². The first kappa shape index (κ1) is 16.2. The van der Waals surface area contributed by atoms with Crippen LogP contribution in [0.4, 0.5) is 23.1 Å². The molecule has 0 bridgehead atoms. The molecule has 0 saturated carbocycles. The Kier molecular flexibility index (Phi) is 4.08. The summed E-state index contributed by atoms with van der Waals surface area (Å²) in [6.45, 7) is 6.43. The van der Waals surface area contributed by atoms with Gasteiger partial charge in [-0.2, -0.15) is 4.98 Å². The summed E-state index contributed by atoms with van der Waals surface area (Å²) < 4.78 is 10.7. The number of benzene rings is 2. The van der Waals surface area contributed by atoms with Crippen LogP contribution in [0.3, 0.4) is 0 Å². The molecular formula is C20H20N4O2. The molecule has 2 aromatic carbocycles. The fraction of sp³-hybridized carbons (Fsp3) is 0.200. The van der Waals surface area contributed by atoms with Crippen molar-refractivity contribution < 1.29 is 9.47 Å². The molecule has 0 fully saturated rings. The molecule has 0 atom stereocenters. The van der Waals surface area contributed by atoms with Crippen molar-refractivity contribution in [3.05, 3.63) is 59.3 Å². The number of anilines is 4. The maximum Gasteiger partial charge on any atom is 0.231 e. The molecule has 6 nitrogen and oxygen atoms in total. The third-order valence-corrected chi connectivity index (χ3v) is 4.37. The van der Waals surface area contributed by atoms with Gasteiger partial charge in [0.25, 0.3) is 0 Å². The van der Waals surface area contributed by atoms with Crippen molar-refractivity contribution in [3.63, 3.8) is 0 Å². The Morgan fingerprint density at radius 1 is 0.808 bits per heavy atom. The third-order valence-electron chi connectivity index (χ3n) is 4.37. The number of aryl methyl sites for hydroxylation is 3. The fourth-order valence-corrected chi connectivity index (χ4v) is 2.69. The average molecular weight is 348 g/mol. The van der Waals surface area contributed by atoms with Gasteiger partial charge >= 0.3 is 0 Å². The van der Waals surface area contributed by atoms with Crippen LogP contribution in [0.5, 0.6) is 11.5 Å². The summed E-state index contributed by atoms with van der Waals surface area (Å²) >= 11 is 0. The zero-order valence-corrected chi connectivity index (χ0v) is 15.0. The number of rotatable bonds is 4. The van der Waals surface area contributed by atoms with Crippen LogP contribution in [-0.4, -0.2) is 16.8 Å². The summed E-state index contributed by atoms with van der Waals surface area (Å²) in [4.78, 5) is 8.97. The van der Waals surface area contributed by atoms with Gasteiger partial charge < -0.3 is 20.1 Å². The van der Waals surface area contributed by atoms with Crippen molar-refractivity contribution >= 4 is 23.1 Å². The van der Waals surface area contributed by atoms with E-state index in [1.807, 2.05) is 25.1 Å². The Labute approximate surface area is 152 Å². The smallest absolute Gasteiger partial charge is 0.231 e. The number of hydrogen-bond donors (Lipinski definition) is 2. The molecule has 26 heavy (non-hydrogen) atoms. The van der Waals surface area contributed by atoms with Crippen LogP contribution in [0, 0.1) is 20.8 Å². The lowest BCUT2D eigenvalue weighted by Crippen LogP contribution is -2.03. The van der Waals surface area contributed by atoms with E-state index in [2.05, 4.69) is 52.6 Å². The molecule has 6 heteroatoms. The summed E-state index contributed by atoms with van der Waals surface area (Å²) in [5.74, 6) is 2.75. The second-order valence-corrected chi connectivity index (χ2v) is 6.34. The maximum atomic E-state index is 5.40. The monoisotopic (exact) mass is 348 g/mol. The number of hydrogen-bond acceptors (Lipinski definition) is 6. The van der Waals surface area contributed by atoms with E-state index in [-0.39, 0.29) is 6.79 Å². The van der Waals surface area contributed by atoms with Crippen LogP contribution >= 0.6 is 0 Å². The quantitative estimate of drug-likeness (QED) is 0.717. The Morgan fingerprint density at radius 2 is 1.58 bits per heavy atom. The molecule has 0 amide bonds. The van der Waals surface area contributed by atoms with E-state index in [1.54, 1.807) is 6.20 Å². The molecule has 0 saturated heterocycles. The predicted octanol–water partition coefficient (Wildman–Crippen LogP) is 4.62. The number of ether oxygens (including phenoxy) is 2. The van der Waals surface area contributed by atoms with Crippen LogP contribution in [0.1, 0.15) is 16.7 Å². The van der Waals surface area contributed by atoms with Crippen molar-refractivity contribution in [1.29, 1.82) is 0 Å². The molecule has 2 heterocycles. The van der Waals surface area contributed by atoms with Gasteiger partial charge in [0.05, 0.1) is 0 Å². The van der Waals surface area contributed by atoms with Crippen molar-refractivity contribution in [2.45, 2.75) is 20.8 Å². The van der Waals surface area contributed by atoms with Crippen LogP contribution < -0.4 is 20.1 Å². The van der Waals surface area contributed by atoms with Gasteiger partial charge in [-0.15, -0.1) is 0 Å². The van der Waals surface area contributed by atoms with Gasteiger partial charge in [-0.1, -0.05) is 6.07 Å². The van der Waals surface area contributed by atoms with E-state index in [0.29, 0.717) is 5.95 Å². The minimum Gasteiger partial charge on any atom is -0.454 e. The molecule has 132 valence electrons. The van der Waals surface area contributed by atoms with Gasteiger partial charge in [0.15, 0.2) is 11.5 Å². The fourth-order valence-electron chi connectivity index (χ4n) is 2.69. The molecule has 2 N–H and O–H groups in total. The highest BCUT2D eigenvalue weighted by molar-refractivity contribution is 5.64. The molecule has 0 aliphatic carbocycles. The minimum absolute atomic E-state index is 0.254. The minimum atomic E-state index is 0.254. The van der Waals surface area contributed by atoms with Gasteiger partial charge in [0.2, 0.25) is 12.7 Å². The molecule has 1 aliphatic heterocycles. The number of aromatic nitrogens is 2. The van der Waals surface area contributed by atoms with E-state index in [1.165, 1.54) is 11.1 Å². The second kappa shape index (κ2) is 6.55. The van der Waals surface area contributed by atoms with E-state index in [4.69, 9.17) is 9.47 Å². The van der Waals surface area contributed by atoms with Crippen molar-refractivity contribution in [3.8, 4) is 11.5 Å². The molecular weight excluding hydrogens is 328 g/mol. The van der Waals surface area contributed by atoms with Gasteiger partial charge in [-0.3, -0.25) is 0 Å². The van der Waals surface area contributed by atoms with E-state index >= 15 is 0 Å². The Hall–Kier alpha value is -3.28. The Balaban J connectivity index is 1.56. The highest BCUT2D eigenvalue weighted by atomic mass is 16.7. The number of nitrogens with one attached hydrogen (secondary N) is 2. The van der Waals surface area contributed by atoms with Crippen molar-refractivity contribution in [2.75, 3.05) is 17.4 Å². The second-order valence-electron chi connectivity index (χ2n) is 6.34. The van der Waals surface area contributed by atoms with Gasteiger partial charge in [0.1, 0.15) is 5.82 Å². The molecule has 4 rings (SSSR count). The van der Waals surface area contributed by atoms with Gasteiger partial charge in [-0.25, -0.2) is 4.98 Å². The lowest BCUT2D eigenvalue weighted by molar-refractivity contribution is 0.174. The summed E-state index contributed by atoms with van der Waals surface area (Å²) in [5.41, 5.74) is 5.32. The molecule has 1 aliphatic rings. The molecule has 0 radical (unpaired) electrons. The first-order valence-electron chi connectivity index (χ1n) is 8.43. The lowest BCUT2D eigenvalue weighted by Gasteiger charge is -2.12. The summed E-state index contributed by atoms with van der Waals surface area (Å²) in [7, 11) is 0. The summed E-state index contributed by atoms with van der Waals surface area (Å²) in [5, 5.41) is 6.58. The zero-order valence-electron chi connectivity index (χ0n) is 15.0. The van der Waals surface area contributed by atoms with Crippen LogP contribution in [0.25, 0.3) is 0 Å². The largest absolute Gasteiger partial charge is 0.454 e. The average Bonchev–Trinajstić information content (AvgIpc) is 3.09. The van der Waals surface area contributed by atoms with Crippen molar-refractivity contribution in [2.24, 2.45) is 0 Å². The van der Waals surface area contributed by atoms with E-state index < -0.39 is 0 Å². The third kappa shape index (κ3) is 3.26. The van der Waals surface area contributed by atoms with Gasteiger partial charge in [-0.05, 0) is 56.2 Å². The zero-order chi connectivity index (χ0) is 18.1. The SMILES string of the molecule is Cc1ccc(Nc2nc(Nc3ccc4c(c3)OCO4)ncc2C)cc1C. The normalized spacial score (nSPS) is 12.1. The molecule has 0 unspecified atom stereocenters. The van der Waals surface area contributed by atoms with Crippen LogP contribution in [0.2, 0.25) is 0 Å². The predicted molar refractivity (Wildman–Crippen MR) is 102 cm³/mol.